The standard InChI is InChI=1S/C18H32N4O4S.HI/c1-7-19-17(21-13-18(2,3)22-27(6,23)24)20-11-10-14-8-9-15(25-4)16(12-14)26-5;/h8-9,12,22H,7,10-11,13H2,1-6H3,(H2,19,20,21);1H. The maximum atomic E-state index is 11.4. The molecule has 0 aliphatic heterocycles. The monoisotopic (exact) mass is 528 g/mol. The summed E-state index contributed by atoms with van der Waals surface area (Å²) in [7, 11) is -0.0669. The average molecular weight is 528 g/mol. The molecule has 0 heterocycles. The van der Waals surface area contributed by atoms with Crippen LogP contribution in [-0.2, 0) is 16.4 Å². The van der Waals surface area contributed by atoms with Crippen molar-refractivity contribution in [3.05, 3.63) is 23.8 Å². The molecule has 0 radical (unpaired) electrons. The van der Waals surface area contributed by atoms with Crippen molar-refractivity contribution >= 4 is 40.0 Å². The van der Waals surface area contributed by atoms with Gasteiger partial charge in [-0.05, 0) is 44.9 Å². The van der Waals surface area contributed by atoms with Crippen molar-refractivity contribution in [2.75, 3.05) is 40.1 Å². The molecule has 0 atom stereocenters. The smallest absolute Gasteiger partial charge is 0.209 e. The van der Waals surface area contributed by atoms with Gasteiger partial charge in [0.05, 0.1) is 27.0 Å². The van der Waals surface area contributed by atoms with Crippen LogP contribution in [0, 0.1) is 0 Å². The fourth-order valence-corrected chi connectivity index (χ4v) is 3.58. The molecule has 10 heteroatoms. The fraction of sp³-hybridized carbons (Fsp3) is 0.611. The van der Waals surface area contributed by atoms with Crippen LogP contribution in [0.1, 0.15) is 26.3 Å². The molecule has 0 spiro atoms. The molecule has 162 valence electrons. The summed E-state index contributed by atoms with van der Waals surface area (Å²) in [6, 6.07) is 5.82. The number of rotatable bonds is 10. The molecule has 1 aromatic carbocycles. The first-order valence-corrected chi connectivity index (χ1v) is 10.7. The third-order valence-electron chi connectivity index (χ3n) is 3.59. The molecular weight excluding hydrogens is 495 g/mol. The molecule has 8 nitrogen and oxygen atoms in total. The van der Waals surface area contributed by atoms with E-state index in [1.54, 1.807) is 28.1 Å². The number of hydrogen-bond acceptors (Lipinski definition) is 5. The second-order valence-electron chi connectivity index (χ2n) is 6.82. The average Bonchev–Trinajstić information content (AvgIpc) is 2.57. The first kappa shape index (κ1) is 26.7. The Labute approximate surface area is 185 Å². The highest BCUT2D eigenvalue weighted by Gasteiger charge is 2.21. The summed E-state index contributed by atoms with van der Waals surface area (Å²) in [5.41, 5.74) is 0.439. The van der Waals surface area contributed by atoms with E-state index in [2.05, 4.69) is 20.3 Å². The van der Waals surface area contributed by atoms with Crippen LogP contribution in [0.3, 0.4) is 0 Å². The molecule has 0 aliphatic rings. The number of aliphatic imine (C=N–C) groups is 1. The molecule has 0 bridgehead atoms. The van der Waals surface area contributed by atoms with Crippen LogP contribution in [0.5, 0.6) is 11.5 Å². The van der Waals surface area contributed by atoms with Crippen LogP contribution in [0.4, 0.5) is 0 Å². The number of nitrogens with zero attached hydrogens (tertiary/aromatic N) is 1. The van der Waals surface area contributed by atoms with Crippen molar-refractivity contribution in [2.45, 2.75) is 32.7 Å². The molecule has 3 N–H and O–H groups in total. The summed E-state index contributed by atoms with van der Waals surface area (Å²) in [6.45, 7) is 7.26. The SMILES string of the molecule is CCNC(=NCC(C)(C)NS(C)(=O)=O)NCCc1ccc(OC)c(OC)c1.I. The van der Waals surface area contributed by atoms with Gasteiger partial charge in [-0.15, -0.1) is 24.0 Å². The number of sulfonamides is 1. The number of methoxy groups -OCH3 is 2. The quantitative estimate of drug-likeness (QED) is 0.243. The van der Waals surface area contributed by atoms with Crippen LogP contribution in [0.15, 0.2) is 23.2 Å². The largest absolute Gasteiger partial charge is 0.493 e. The van der Waals surface area contributed by atoms with E-state index in [1.165, 1.54) is 0 Å². The van der Waals surface area contributed by atoms with Gasteiger partial charge in [-0.2, -0.15) is 0 Å². The van der Waals surface area contributed by atoms with Crippen molar-refractivity contribution < 1.29 is 17.9 Å². The van der Waals surface area contributed by atoms with E-state index in [0.29, 0.717) is 37.1 Å². The summed E-state index contributed by atoms with van der Waals surface area (Å²) in [5, 5.41) is 6.42. The van der Waals surface area contributed by atoms with Crippen molar-refractivity contribution in [3.8, 4) is 11.5 Å². The number of halogens is 1. The molecular formula is C18H33IN4O4S. The van der Waals surface area contributed by atoms with Gasteiger partial charge in [-0.25, -0.2) is 13.1 Å². The molecule has 0 unspecified atom stereocenters. The van der Waals surface area contributed by atoms with E-state index < -0.39 is 15.6 Å². The number of guanidine groups is 1. The van der Waals surface area contributed by atoms with Gasteiger partial charge in [-0.1, -0.05) is 6.07 Å². The second kappa shape index (κ2) is 12.3. The Balaban J connectivity index is 0.00000729. The Morgan fingerprint density at radius 3 is 2.32 bits per heavy atom. The van der Waals surface area contributed by atoms with Gasteiger partial charge < -0.3 is 20.1 Å². The minimum absolute atomic E-state index is 0. The van der Waals surface area contributed by atoms with E-state index >= 15 is 0 Å². The summed E-state index contributed by atoms with van der Waals surface area (Å²) in [6.07, 6.45) is 1.92. The van der Waals surface area contributed by atoms with Crippen molar-refractivity contribution in [1.29, 1.82) is 0 Å². The fourth-order valence-electron chi connectivity index (χ4n) is 2.51. The number of nitrogens with one attached hydrogen (secondary N) is 3. The highest BCUT2D eigenvalue weighted by Crippen LogP contribution is 2.27. The van der Waals surface area contributed by atoms with Crippen LogP contribution in [-0.4, -0.2) is 60.0 Å². The van der Waals surface area contributed by atoms with E-state index in [0.717, 1.165) is 18.2 Å². The zero-order valence-electron chi connectivity index (χ0n) is 17.5. The highest BCUT2D eigenvalue weighted by molar-refractivity contribution is 14.0. The van der Waals surface area contributed by atoms with Gasteiger partial charge in [-0.3, -0.25) is 4.99 Å². The summed E-state index contributed by atoms with van der Waals surface area (Å²) >= 11 is 0. The lowest BCUT2D eigenvalue weighted by atomic mass is 10.1. The van der Waals surface area contributed by atoms with Crippen molar-refractivity contribution in [2.24, 2.45) is 4.99 Å². The molecule has 0 fully saturated rings. The first-order valence-electron chi connectivity index (χ1n) is 8.82. The Morgan fingerprint density at radius 1 is 1.14 bits per heavy atom. The third kappa shape index (κ3) is 10.3. The molecule has 0 saturated heterocycles. The zero-order chi connectivity index (χ0) is 20.5. The highest BCUT2D eigenvalue weighted by atomic mass is 127. The van der Waals surface area contributed by atoms with E-state index in [9.17, 15) is 8.42 Å². The number of ether oxygens (including phenoxy) is 2. The zero-order valence-corrected chi connectivity index (χ0v) is 20.6. The van der Waals surface area contributed by atoms with Gasteiger partial charge in [0, 0.05) is 18.6 Å². The van der Waals surface area contributed by atoms with E-state index in [1.807, 2.05) is 25.1 Å². The van der Waals surface area contributed by atoms with Crippen LogP contribution in [0.2, 0.25) is 0 Å². The maximum Gasteiger partial charge on any atom is 0.209 e. The van der Waals surface area contributed by atoms with Gasteiger partial charge >= 0.3 is 0 Å². The summed E-state index contributed by atoms with van der Waals surface area (Å²) < 4.78 is 36.0. The lowest BCUT2D eigenvalue weighted by Crippen LogP contribution is -2.47. The third-order valence-corrected chi connectivity index (χ3v) is 4.52. The molecule has 28 heavy (non-hydrogen) atoms. The van der Waals surface area contributed by atoms with Crippen molar-refractivity contribution in [1.82, 2.24) is 15.4 Å². The van der Waals surface area contributed by atoms with E-state index in [4.69, 9.17) is 9.47 Å². The predicted octanol–water partition coefficient (Wildman–Crippen LogP) is 1.75. The minimum Gasteiger partial charge on any atom is -0.493 e. The van der Waals surface area contributed by atoms with Crippen LogP contribution >= 0.6 is 24.0 Å². The Kier molecular flexibility index (Phi) is 11.8. The predicted molar refractivity (Wildman–Crippen MR) is 125 cm³/mol. The van der Waals surface area contributed by atoms with Gasteiger partial charge in [0.15, 0.2) is 17.5 Å². The Morgan fingerprint density at radius 2 is 1.79 bits per heavy atom. The number of benzene rings is 1. The molecule has 0 aromatic heterocycles. The lowest BCUT2D eigenvalue weighted by Gasteiger charge is -2.23. The van der Waals surface area contributed by atoms with Crippen LogP contribution < -0.4 is 24.8 Å². The molecule has 1 aromatic rings. The Hall–Kier alpha value is -1.27. The number of hydrogen-bond donors (Lipinski definition) is 3. The Bertz CT molecular complexity index is 739. The van der Waals surface area contributed by atoms with E-state index in [-0.39, 0.29) is 24.0 Å². The molecule has 0 aliphatic carbocycles. The lowest BCUT2D eigenvalue weighted by molar-refractivity contribution is 0.354. The molecule has 0 amide bonds. The van der Waals surface area contributed by atoms with Crippen LogP contribution in [0.25, 0.3) is 0 Å². The normalized spacial score (nSPS) is 12.1. The van der Waals surface area contributed by atoms with Gasteiger partial charge in [0.2, 0.25) is 10.0 Å². The molecule has 0 saturated carbocycles. The first-order chi connectivity index (χ1) is 12.6. The summed E-state index contributed by atoms with van der Waals surface area (Å²) in [4.78, 5) is 4.48. The van der Waals surface area contributed by atoms with Gasteiger partial charge in [0.1, 0.15) is 0 Å². The maximum absolute atomic E-state index is 11.4. The van der Waals surface area contributed by atoms with Crippen molar-refractivity contribution in [3.63, 3.8) is 0 Å². The van der Waals surface area contributed by atoms with Gasteiger partial charge in [0.25, 0.3) is 0 Å². The molecule has 1 rings (SSSR count). The topological polar surface area (TPSA) is 101 Å². The summed E-state index contributed by atoms with van der Waals surface area (Å²) in [5.74, 6) is 2.04. The second-order valence-corrected chi connectivity index (χ2v) is 8.57. The minimum atomic E-state index is -3.29.